The molecular weight excluding hydrogens is 152 g/mol. The molecule has 0 aliphatic rings. The standard InChI is InChI=1S/C10H20O2/c1-6-10(5,9(4)11)12-7-8(2)3/h8H,6-7H2,1-5H3. The van der Waals surface area contributed by atoms with E-state index in [0.29, 0.717) is 12.5 Å². The van der Waals surface area contributed by atoms with Crippen LogP contribution in [0.4, 0.5) is 0 Å². The Hall–Kier alpha value is -0.370. The van der Waals surface area contributed by atoms with Crippen molar-refractivity contribution in [1.82, 2.24) is 0 Å². The number of carbonyl (C=O) groups excluding carboxylic acids is 1. The summed E-state index contributed by atoms with van der Waals surface area (Å²) in [6.45, 7) is 10.2. The Balaban J connectivity index is 4.06. The number of hydrogen-bond acceptors (Lipinski definition) is 2. The van der Waals surface area contributed by atoms with Crippen molar-refractivity contribution in [3.05, 3.63) is 0 Å². The molecular formula is C10H20O2. The van der Waals surface area contributed by atoms with Crippen LogP contribution >= 0.6 is 0 Å². The van der Waals surface area contributed by atoms with E-state index in [2.05, 4.69) is 13.8 Å². The Morgan fingerprint density at radius 2 is 2.00 bits per heavy atom. The second-order valence-electron chi connectivity index (χ2n) is 3.85. The fourth-order valence-electron chi connectivity index (χ4n) is 0.803. The van der Waals surface area contributed by atoms with Crippen molar-refractivity contribution < 1.29 is 9.53 Å². The lowest BCUT2D eigenvalue weighted by molar-refractivity contribution is -0.142. The first-order valence-corrected chi connectivity index (χ1v) is 4.57. The Morgan fingerprint density at radius 3 is 2.25 bits per heavy atom. The lowest BCUT2D eigenvalue weighted by atomic mass is 9.98. The molecule has 0 fully saturated rings. The van der Waals surface area contributed by atoms with Crippen molar-refractivity contribution in [2.24, 2.45) is 5.92 Å². The summed E-state index contributed by atoms with van der Waals surface area (Å²) in [5, 5.41) is 0. The molecule has 0 aromatic rings. The van der Waals surface area contributed by atoms with Gasteiger partial charge in [0.05, 0.1) is 6.61 Å². The van der Waals surface area contributed by atoms with Crippen molar-refractivity contribution in [2.75, 3.05) is 6.61 Å². The minimum absolute atomic E-state index is 0.116. The molecule has 1 unspecified atom stereocenters. The van der Waals surface area contributed by atoms with Crippen LogP contribution in [-0.4, -0.2) is 18.0 Å². The van der Waals surface area contributed by atoms with Gasteiger partial charge in [0, 0.05) is 0 Å². The van der Waals surface area contributed by atoms with Gasteiger partial charge in [-0.15, -0.1) is 0 Å². The first-order valence-electron chi connectivity index (χ1n) is 4.57. The molecule has 2 heteroatoms. The Bertz CT molecular complexity index is 152. The highest BCUT2D eigenvalue weighted by Gasteiger charge is 2.28. The van der Waals surface area contributed by atoms with Crippen LogP contribution in [0.15, 0.2) is 0 Å². The third-order valence-electron chi connectivity index (χ3n) is 2.15. The van der Waals surface area contributed by atoms with E-state index in [1.807, 2.05) is 13.8 Å². The molecule has 0 amide bonds. The first kappa shape index (κ1) is 11.6. The van der Waals surface area contributed by atoms with Crippen LogP contribution in [0.2, 0.25) is 0 Å². The maximum absolute atomic E-state index is 11.2. The maximum Gasteiger partial charge on any atom is 0.161 e. The zero-order valence-corrected chi connectivity index (χ0v) is 8.81. The normalized spacial score (nSPS) is 16.2. The lowest BCUT2D eigenvalue weighted by Gasteiger charge is -2.26. The quantitative estimate of drug-likeness (QED) is 0.636. The van der Waals surface area contributed by atoms with Crippen molar-refractivity contribution in [1.29, 1.82) is 0 Å². The van der Waals surface area contributed by atoms with E-state index in [9.17, 15) is 4.79 Å². The molecule has 0 saturated carbocycles. The van der Waals surface area contributed by atoms with E-state index in [-0.39, 0.29) is 5.78 Å². The summed E-state index contributed by atoms with van der Waals surface area (Å²) in [7, 11) is 0. The number of ketones is 1. The van der Waals surface area contributed by atoms with Gasteiger partial charge in [-0.3, -0.25) is 4.79 Å². The predicted octanol–water partition coefficient (Wildman–Crippen LogP) is 2.42. The second kappa shape index (κ2) is 4.61. The molecule has 1 atom stereocenters. The van der Waals surface area contributed by atoms with Gasteiger partial charge in [-0.2, -0.15) is 0 Å². The Kier molecular flexibility index (Phi) is 4.46. The summed E-state index contributed by atoms with van der Waals surface area (Å²) in [5.41, 5.74) is -0.565. The molecule has 2 nitrogen and oxygen atoms in total. The fourth-order valence-corrected chi connectivity index (χ4v) is 0.803. The highest BCUT2D eigenvalue weighted by Crippen LogP contribution is 2.17. The number of ether oxygens (including phenoxy) is 1. The maximum atomic E-state index is 11.2. The zero-order chi connectivity index (χ0) is 9.78. The second-order valence-corrected chi connectivity index (χ2v) is 3.85. The predicted molar refractivity (Wildman–Crippen MR) is 50.2 cm³/mol. The van der Waals surface area contributed by atoms with Gasteiger partial charge in [0.2, 0.25) is 0 Å². The van der Waals surface area contributed by atoms with Gasteiger partial charge < -0.3 is 4.74 Å². The van der Waals surface area contributed by atoms with E-state index in [1.165, 1.54) is 0 Å². The molecule has 0 N–H and O–H groups in total. The van der Waals surface area contributed by atoms with E-state index in [1.54, 1.807) is 6.92 Å². The van der Waals surface area contributed by atoms with Crippen molar-refractivity contribution in [2.45, 2.75) is 46.6 Å². The third-order valence-corrected chi connectivity index (χ3v) is 2.15. The Morgan fingerprint density at radius 1 is 1.50 bits per heavy atom. The largest absolute Gasteiger partial charge is 0.367 e. The van der Waals surface area contributed by atoms with Crippen molar-refractivity contribution >= 4 is 5.78 Å². The molecule has 0 saturated heterocycles. The zero-order valence-electron chi connectivity index (χ0n) is 8.81. The summed E-state index contributed by atoms with van der Waals surface area (Å²) in [5.74, 6) is 0.598. The monoisotopic (exact) mass is 172 g/mol. The van der Waals surface area contributed by atoms with E-state index in [0.717, 1.165) is 6.42 Å². The van der Waals surface area contributed by atoms with Crippen LogP contribution in [0.25, 0.3) is 0 Å². The minimum atomic E-state index is -0.565. The first-order chi connectivity index (χ1) is 5.42. The number of Topliss-reactive ketones (excluding diaryl/α,β-unsaturated/α-hetero) is 1. The molecule has 0 heterocycles. The lowest BCUT2D eigenvalue weighted by Crippen LogP contribution is -2.37. The van der Waals surface area contributed by atoms with E-state index < -0.39 is 5.60 Å². The van der Waals surface area contributed by atoms with E-state index in [4.69, 9.17) is 4.74 Å². The summed E-state index contributed by atoms with van der Waals surface area (Å²) < 4.78 is 5.55. The van der Waals surface area contributed by atoms with E-state index >= 15 is 0 Å². The molecule has 72 valence electrons. The molecule has 0 aromatic carbocycles. The van der Waals surface area contributed by atoms with Gasteiger partial charge in [0.1, 0.15) is 5.60 Å². The minimum Gasteiger partial charge on any atom is -0.367 e. The van der Waals surface area contributed by atoms with Gasteiger partial charge in [-0.05, 0) is 26.2 Å². The smallest absolute Gasteiger partial charge is 0.161 e. The number of carbonyl (C=O) groups is 1. The highest BCUT2D eigenvalue weighted by atomic mass is 16.5. The SMILES string of the molecule is CCC(C)(OCC(C)C)C(C)=O. The van der Waals surface area contributed by atoms with Crippen LogP contribution in [0.3, 0.4) is 0 Å². The summed E-state index contributed by atoms with van der Waals surface area (Å²) in [6.07, 6.45) is 0.745. The van der Waals surface area contributed by atoms with Crippen LogP contribution < -0.4 is 0 Å². The number of hydrogen-bond donors (Lipinski definition) is 0. The molecule has 12 heavy (non-hydrogen) atoms. The molecule has 0 rings (SSSR count). The van der Waals surface area contributed by atoms with Crippen LogP contribution in [-0.2, 0) is 9.53 Å². The van der Waals surface area contributed by atoms with Gasteiger partial charge in [-0.25, -0.2) is 0 Å². The highest BCUT2D eigenvalue weighted by molar-refractivity contribution is 5.84. The molecule has 0 spiro atoms. The topological polar surface area (TPSA) is 26.3 Å². The fraction of sp³-hybridized carbons (Fsp3) is 0.900. The summed E-state index contributed by atoms with van der Waals surface area (Å²) in [6, 6.07) is 0. The van der Waals surface area contributed by atoms with Gasteiger partial charge in [-0.1, -0.05) is 20.8 Å². The average molecular weight is 172 g/mol. The van der Waals surface area contributed by atoms with Crippen molar-refractivity contribution in [3.8, 4) is 0 Å². The molecule has 0 aromatic heterocycles. The van der Waals surface area contributed by atoms with Crippen molar-refractivity contribution in [3.63, 3.8) is 0 Å². The molecule has 0 bridgehead atoms. The molecule has 0 aliphatic carbocycles. The summed E-state index contributed by atoms with van der Waals surface area (Å²) >= 11 is 0. The Labute approximate surface area is 75.3 Å². The third kappa shape index (κ3) is 3.35. The van der Waals surface area contributed by atoms with Crippen LogP contribution in [0, 0.1) is 5.92 Å². The van der Waals surface area contributed by atoms with Gasteiger partial charge >= 0.3 is 0 Å². The van der Waals surface area contributed by atoms with Crippen LogP contribution in [0.1, 0.15) is 41.0 Å². The molecule has 0 aliphatic heterocycles. The van der Waals surface area contributed by atoms with Gasteiger partial charge in [0.25, 0.3) is 0 Å². The molecule has 0 radical (unpaired) electrons. The average Bonchev–Trinajstić information content (AvgIpc) is 1.99. The van der Waals surface area contributed by atoms with Crippen LogP contribution in [0.5, 0.6) is 0 Å². The van der Waals surface area contributed by atoms with Gasteiger partial charge in [0.15, 0.2) is 5.78 Å². The number of rotatable bonds is 5. The summed E-state index contributed by atoms with van der Waals surface area (Å²) in [4.78, 5) is 11.2.